The third-order valence-corrected chi connectivity index (χ3v) is 16.7. The van der Waals surface area contributed by atoms with Gasteiger partial charge in [-0.2, -0.15) is 0 Å². The van der Waals surface area contributed by atoms with Gasteiger partial charge in [-0.3, -0.25) is 0 Å². The number of hydrogen-bond donors (Lipinski definition) is 0. The van der Waals surface area contributed by atoms with Crippen molar-refractivity contribution < 1.29 is 13.2 Å². The fourth-order valence-corrected chi connectivity index (χ4v) is 12.3. The topological polar surface area (TPSA) is 0 Å². The van der Waals surface area contributed by atoms with Crippen LogP contribution in [-0.4, -0.2) is 12.3 Å². The molecule has 3 aromatic rings. The molecule has 0 heterocycles. The first-order valence-electron chi connectivity index (χ1n) is 8.81. The van der Waals surface area contributed by atoms with Crippen molar-refractivity contribution in [3.05, 3.63) is 91.0 Å². The Balaban J connectivity index is 2.26. The molecule has 0 saturated carbocycles. The molecule has 3 rings (SSSR count). The summed E-state index contributed by atoms with van der Waals surface area (Å²) in [5.41, 5.74) is 0. The molecule has 0 aliphatic carbocycles. The standard InChI is InChI=1S/C22H21F3IP/c23-22(24,25)17-10-18-27(26,19-11-4-1-5-12-19,20-13-6-2-7-14-20)21-15-8-3-9-16-21/h1-9,11-16H,10,17-18H2. The van der Waals surface area contributed by atoms with Crippen LogP contribution in [0.2, 0.25) is 0 Å². The molecule has 0 atom stereocenters. The molecule has 0 nitrogen and oxygen atoms in total. The van der Waals surface area contributed by atoms with Gasteiger partial charge < -0.3 is 0 Å². The predicted octanol–water partition coefficient (Wildman–Crippen LogP) is 6.21. The third kappa shape index (κ3) is 4.07. The van der Waals surface area contributed by atoms with Crippen molar-refractivity contribution >= 4 is 42.2 Å². The van der Waals surface area contributed by atoms with Crippen LogP contribution in [0.5, 0.6) is 0 Å². The second-order valence-corrected chi connectivity index (χ2v) is 17.4. The Labute approximate surface area is 171 Å². The summed E-state index contributed by atoms with van der Waals surface area (Å²) in [7, 11) is 0. The van der Waals surface area contributed by atoms with Crippen LogP contribution in [0, 0.1) is 0 Å². The van der Waals surface area contributed by atoms with E-state index in [1.807, 2.05) is 54.6 Å². The molecule has 0 aliphatic rings. The average molecular weight is 500 g/mol. The second-order valence-electron chi connectivity index (χ2n) is 6.63. The van der Waals surface area contributed by atoms with Crippen LogP contribution in [-0.2, 0) is 0 Å². The van der Waals surface area contributed by atoms with Crippen molar-refractivity contribution in [3.8, 4) is 0 Å². The summed E-state index contributed by atoms with van der Waals surface area (Å²) in [4.78, 5) is 0. The molecular formula is C22H21F3IP. The zero-order chi connectivity index (χ0) is 19.4. The molecule has 0 unspecified atom stereocenters. The molecule has 5 heteroatoms. The summed E-state index contributed by atoms with van der Waals surface area (Å²) in [6.45, 7) is 0. The van der Waals surface area contributed by atoms with E-state index in [-0.39, 0.29) is 6.42 Å². The molecule has 0 spiro atoms. The molecule has 3 aromatic carbocycles. The fraction of sp³-hybridized carbons (Fsp3) is 0.182. The summed E-state index contributed by atoms with van der Waals surface area (Å²) < 4.78 is 35.9. The third-order valence-electron chi connectivity index (χ3n) is 4.92. The van der Waals surface area contributed by atoms with E-state index in [2.05, 4.69) is 58.4 Å². The zero-order valence-corrected chi connectivity index (χ0v) is 17.8. The van der Waals surface area contributed by atoms with Gasteiger partial charge in [-0.1, -0.05) is 0 Å². The van der Waals surface area contributed by atoms with Gasteiger partial charge in [0.25, 0.3) is 0 Å². The van der Waals surface area contributed by atoms with Crippen molar-refractivity contribution in [2.75, 3.05) is 6.16 Å². The Morgan fingerprint density at radius 3 is 1.26 bits per heavy atom. The molecule has 0 amide bonds. The van der Waals surface area contributed by atoms with Gasteiger partial charge in [0.15, 0.2) is 0 Å². The summed E-state index contributed by atoms with van der Waals surface area (Å²) in [5.74, 6) is 0. The van der Waals surface area contributed by atoms with Crippen molar-refractivity contribution in [1.29, 1.82) is 0 Å². The molecule has 0 radical (unpaired) electrons. The first-order chi connectivity index (χ1) is 12.8. The van der Waals surface area contributed by atoms with Gasteiger partial charge in [-0.05, 0) is 0 Å². The summed E-state index contributed by atoms with van der Waals surface area (Å²) in [6, 6.07) is 30.1. The first kappa shape index (κ1) is 20.3. The van der Waals surface area contributed by atoms with Gasteiger partial charge in [-0.15, -0.1) is 0 Å². The van der Waals surface area contributed by atoms with Gasteiger partial charge in [0.05, 0.1) is 0 Å². The Bertz CT molecular complexity index is 765. The Hall–Kier alpha value is -1.39. The molecule has 142 valence electrons. The van der Waals surface area contributed by atoms with E-state index < -0.39 is 16.8 Å². The van der Waals surface area contributed by atoms with Crippen molar-refractivity contribution in [3.63, 3.8) is 0 Å². The predicted molar refractivity (Wildman–Crippen MR) is 119 cm³/mol. The van der Waals surface area contributed by atoms with Crippen LogP contribution in [0.15, 0.2) is 91.0 Å². The number of alkyl halides is 3. The zero-order valence-electron chi connectivity index (χ0n) is 14.7. The number of benzene rings is 3. The Morgan fingerprint density at radius 2 is 0.963 bits per heavy atom. The van der Waals surface area contributed by atoms with E-state index in [4.69, 9.17) is 0 Å². The molecule has 0 aromatic heterocycles. The number of halogens is 4. The quantitative estimate of drug-likeness (QED) is 0.279. The first-order valence-corrected chi connectivity index (χ1v) is 14.0. The van der Waals surface area contributed by atoms with Crippen LogP contribution >= 0.6 is 26.3 Å². The normalized spacial score (nSPS) is 13.7. The Kier molecular flexibility index (Phi) is 5.97. The van der Waals surface area contributed by atoms with Crippen LogP contribution in [0.4, 0.5) is 13.2 Å². The van der Waals surface area contributed by atoms with E-state index in [1.165, 1.54) is 0 Å². The van der Waals surface area contributed by atoms with Gasteiger partial charge in [0, 0.05) is 0 Å². The van der Waals surface area contributed by atoms with Crippen LogP contribution in [0.25, 0.3) is 0 Å². The summed E-state index contributed by atoms with van der Waals surface area (Å²) in [5, 5.41) is 3.34. The van der Waals surface area contributed by atoms with Crippen molar-refractivity contribution in [1.82, 2.24) is 0 Å². The van der Waals surface area contributed by atoms with E-state index >= 15 is 0 Å². The average Bonchev–Trinajstić information content (AvgIpc) is 2.69. The second kappa shape index (κ2) is 7.92. The van der Waals surface area contributed by atoms with Crippen LogP contribution in [0.1, 0.15) is 12.8 Å². The molecule has 0 aliphatic heterocycles. The van der Waals surface area contributed by atoms with E-state index in [1.54, 1.807) is 0 Å². The van der Waals surface area contributed by atoms with E-state index in [0.717, 1.165) is 15.9 Å². The minimum atomic E-state index is -4.14. The molecule has 0 saturated heterocycles. The van der Waals surface area contributed by atoms with Crippen LogP contribution in [0.3, 0.4) is 0 Å². The Morgan fingerprint density at radius 1 is 0.630 bits per heavy atom. The minimum absolute atomic E-state index is 0.100. The van der Waals surface area contributed by atoms with Gasteiger partial charge in [0.1, 0.15) is 0 Å². The van der Waals surface area contributed by atoms with E-state index in [0.29, 0.717) is 6.16 Å². The molecule has 0 bridgehead atoms. The maximum atomic E-state index is 13.0. The fourth-order valence-electron chi connectivity index (χ4n) is 3.63. The van der Waals surface area contributed by atoms with Crippen molar-refractivity contribution in [2.45, 2.75) is 19.0 Å². The maximum absolute atomic E-state index is 13.0. The number of rotatable bonds is 6. The van der Waals surface area contributed by atoms with Gasteiger partial charge >= 0.3 is 172 Å². The van der Waals surface area contributed by atoms with E-state index in [9.17, 15) is 13.2 Å². The monoisotopic (exact) mass is 500 g/mol. The molecular weight excluding hydrogens is 479 g/mol. The van der Waals surface area contributed by atoms with Gasteiger partial charge in [-0.25, -0.2) is 0 Å². The van der Waals surface area contributed by atoms with Crippen LogP contribution < -0.4 is 15.9 Å². The number of hydrogen-bond acceptors (Lipinski definition) is 0. The SMILES string of the molecule is FC(F)(F)CCCP(I)(c1ccccc1)(c1ccccc1)c1ccccc1. The molecule has 27 heavy (non-hydrogen) atoms. The summed E-state index contributed by atoms with van der Waals surface area (Å²) in [6.07, 6.45) is -4.33. The van der Waals surface area contributed by atoms with Crippen molar-refractivity contribution in [2.24, 2.45) is 0 Å². The molecule has 0 N–H and O–H groups in total. The molecule has 0 fully saturated rings. The van der Waals surface area contributed by atoms with Gasteiger partial charge in [0.2, 0.25) is 0 Å². The summed E-state index contributed by atoms with van der Waals surface area (Å²) >= 11 is 2.52.